The van der Waals surface area contributed by atoms with E-state index in [4.69, 9.17) is 9.84 Å². The van der Waals surface area contributed by atoms with Crippen molar-refractivity contribution in [1.29, 1.82) is 0 Å². The third-order valence-corrected chi connectivity index (χ3v) is 3.66. The predicted octanol–water partition coefficient (Wildman–Crippen LogP) is 4.81. The molecule has 0 saturated heterocycles. The number of hydrogen-bond donors (Lipinski definition) is 1. The Labute approximate surface area is 136 Å². The number of unbranched alkanes of at least 4 members (excludes halogenated alkanes) is 7. The largest absolute Gasteiger partial charge is 0.487 e. The molecule has 0 bridgehead atoms. The Morgan fingerprint density at radius 2 is 1.74 bits per heavy atom. The quantitative estimate of drug-likeness (QED) is 0.338. The van der Waals surface area contributed by atoms with Crippen molar-refractivity contribution in [3.8, 4) is 5.75 Å². The summed E-state index contributed by atoms with van der Waals surface area (Å²) in [6.07, 6.45) is 9.32. The highest BCUT2D eigenvalue weighted by atomic mass is 16.6. The maximum atomic E-state index is 11.0. The number of nitro groups is 1. The maximum absolute atomic E-state index is 11.0. The van der Waals surface area contributed by atoms with E-state index in [9.17, 15) is 14.9 Å². The number of rotatable bonds is 12. The van der Waals surface area contributed by atoms with Crippen LogP contribution in [0.4, 0.5) is 5.69 Å². The van der Waals surface area contributed by atoms with Gasteiger partial charge >= 0.3 is 11.7 Å². The standard InChI is InChI=1S/C17H25NO5/c1-2-3-4-5-6-7-8-9-12-23-16-11-10-14(17(19)20)13-15(16)18(21)22/h10-11,13H,2-9,12H2,1H3,(H,19,20). The summed E-state index contributed by atoms with van der Waals surface area (Å²) in [7, 11) is 0. The van der Waals surface area contributed by atoms with Gasteiger partial charge in [0.05, 0.1) is 17.1 Å². The van der Waals surface area contributed by atoms with Crippen LogP contribution in [-0.4, -0.2) is 22.6 Å². The second-order valence-electron chi connectivity index (χ2n) is 5.57. The van der Waals surface area contributed by atoms with E-state index >= 15 is 0 Å². The predicted molar refractivity (Wildman–Crippen MR) is 88.2 cm³/mol. The van der Waals surface area contributed by atoms with E-state index in [1.54, 1.807) is 0 Å². The van der Waals surface area contributed by atoms with E-state index in [1.165, 1.54) is 44.2 Å². The van der Waals surface area contributed by atoms with Gasteiger partial charge in [0.1, 0.15) is 0 Å². The summed E-state index contributed by atoms with van der Waals surface area (Å²) in [6, 6.07) is 3.70. The molecule has 0 spiro atoms. The zero-order valence-electron chi connectivity index (χ0n) is 13.6. The van der Waals surface area contributed by atoms with Gasteiger partial charge in [-0.3, -0.25) is 10.1 Å². The molecule has 0 unspecified atom stereocenters. The van der Waals surface area contributed by atoms with Gasteiger partial charge in [-0.1, -0.05) is 51.9 Å². The minimum atomic E-state index is -1.19. The van der Waals surface area contributed by atoms with Crippen molar-refractivity contribution >= 4 is 11.7 Å². The number of aromatic carboxylic acids is 1. The van der Waals surface area contributed by atoms with Crippen LogP contribution in [0.15, 0.2) is 18.2 Å². The van der Waals surface area contributed by atoms with Crippen molar-refractivity contribution < 1.29 is 19.6 Å². The Morgan fingerprint density at radius 3 is 2.30 bits per heavy atom. The third-order valence-electron chi connectivity index (χ3n) is 3.66. The summed E-state index contributed by atoms with van der Waals surface area (Å²) >= 11 is 0. The number of carboxylic acid groups (broad SMARTS) is 1. The van der Waals surface area contributed by atoms with E-state index in [-0.39, 0.29) is 17.0 Å². The molecule has 6 heteroatoms. The van der Waals surface area contributed by atoms with Crippen molar-refractivity contribution in [3.05, 3.63) is 33.9 Å². The molecule has 0 heterocycles. The van der Waals surface area contributed by atoms with Gasteiger partial charge in [-0.25, -0.2) is 4.79 Å². The van der Waals surface area contributed by atoms with E-state index in [2.05, 4.69) is 6.92 Å². The molecule has 1 aromatic rings. The summed E-state index contributed by atoms with van der Waals surface area (Å²) in [5.41, 5.74) is -0.416. The minimum absolute atomic E-state index is 0.115. The number of nitro benzene ring substituents is 1. The molecule has 0 radical (unpaired) electrons. The van der Waals surface area contributed by atoms with Gasteiger partial charge in [0, 0.05) is 6.07 Å². The number of carboxylic acids is 1. The van der Waals surface area contributed by atoms with E-state index in [0.29, 0.717) is 6.61 Å². The van der Waals surface area contributed by atoms with Crippen LogP contribution >= 0.6 is 0 Å². The van der Waals surface area contributed by atoms with Crippen LogP contribution < -0.4 is 4.74 Å². The van der Waals surface area contributed by atoms with E-state index < -0.39 is 10.9 Å². The van der Waals surface area contributed by atoms with E-state index in [1.807, 2.05) is 0 Å². The molecule has 23 heavy (non-hydrogen) atoms. The van der Waals surface area contributed by atoms with Crippen LogP contribution in [0.5, 0.6) is 5.75 Å². The monoisotopic (exact) mass is 323 g/mol. The number of hydrogen-bond acceptors (Lipinski definition) is 4. The molecule has 0 saturated carbocycles. The Morgan fingerprint density at radius 1 is 1.13 bits per heavy atom. The van der Waals surface area contributed by atoms with Crippen LogP contribution in [0.2, 0.25) is 0 Å². The smallest absolute Gasteiger partial charge is 0.335 e. The summed E-state index contributed by atoms with van der Waals surface area (Å²) in [5, 5.41) is 19.9. The van der Waals surface area contributed by atoms with Gasteiger partial charge in [0.2, 0.25) is 0 Å². The van der Waals surface area contributed by atoms with Gasteiger partial charge < -0.3 is 9.84 Å². The first-order valence-corrected chi connectivity index (χ1v) is 8.20. The molecule has 0 atom stereocenters. The molecule has 1 rings (SSSR count). The van der Waals surface area contributed by atoms with Crippen LogP contribution in [0, 0.1) is 10.1 Å². The number of carbonyl (C=O) groups is 1. The first-order valence-electron chi connectivity index (χ1n) is 8.20. The zero-order valence-corrected chi connectivity index (χ0v) is 13.6. The van der Waals surface area contributed by atoms with Crippen molar-refractivity contribution in [3.63, 3.8) is 0 Å². The van der Waals surface area contributed by atoms with Crippen LogP contribution in [0.3, 0.4) is 0 Å². The minimum Gasteiger partial charge on any atom is -0.487 e. The summed E-state index contributed by atoms with van der Waals surface area (Å²) in [6.45, 7) is 2.60. The molecule has 1 N–H and O–H groups in total. The third kappa shape index (κ3) is 7.13. The van der Waals surface area contributed by atoms with E-state index in [0.717, 1.165) is 25.3 Å². The lowest BCUT2D eigenvalue weighted by Gasteiger charge is -2.07. The Hall–Kier alpha value is -2.11. The fraction of sp³-hybridized carbons (Fsp3) is 0.588. The lowest BCUT2D eigenvalue weighted by Crippen LogP contribution is -2.03. The number of nitrogens with zero attached hydrogens (tertiary/aromatic N) is 1. The summed E-state index contributed by atoms with van der Waals surface area (Å²) in [4.78, 5) is 21.2. The van der Waals surface area contributed by atoms with Gasteiger partial charge in [0.15, 0.2) is 5.75 Å². The average Bonchev–Trinajstić information content (AvgIpc) is 2.53. The molecular formula is C17H25NO5. The van der Waals surface area contributed by atoms with Crippen LogP contribution in [0.1, 0.15) is 68.6 Å². The Balaban J connectivity index is 2.34. The second kappa shape index (κ2) is 10.6. The highest BCUT2D eigenvalue weighted by molar-refractivity contribution is 5.88. The zero-order chi connectivity index (χ0) is 17.1. The van der Waals surface area contributed by atoms with Gasteiger partial charge in [-0.05, 0) is 18.6 Å². The lowest BCUT2D eigenvalue weighted by atomic mass is 10.1. The Kier molecular flexibility index (Phi) is 8.72. The van der Waals surface area contributed by atoms with Crippen molar-refractivity contribution in [2.45, 2.75) is 58.3 Å². The van der Waals surface area contributed by atoms with Crippen molar-refractivity contribution in [1.82, 2.24) is 0 Å². The molecule has 0 aliphatic rings. The first-order chi connectivity index (χ1) is 11.1. The molecule has 0 fully saturated rings. The van der Waals surface area contributed by atoms with Crippen molar-refractivity contribution in [2.24, 2.45) is 0 Å². The summed E-state index contributed by atoms with van der Waals surface area (Å²) < 4.78 is 5.44. The topological polar surface area (TPSA) is 89.7 Å². The fourth-order valence-electron chi connectivity index (χ4n) is 2.33. The molecule has 6 nitrogen and oxygen atoms in total. The second-order valence-corrected chi connectivity index (χ2v) is 5.57. The number of benzene rings is 1. The molecular weight excluding hydrogens is 298 g/mol. The highest BCUT2D eigenvalue weighted by Crippen LogP contribution is 2.28. The maximum Gasteiger partial charge on any atom is 0.335 e. The Bertz CT molecular complexity index is 516. The molecule has 128 valence electrons. The molecule has 0 amide bonds. The van der Waals surface area contributed by atoms with Crippen molar-refractivity contribution in [2.75, 3.05) is 6.61 Å². The summed E-state index contributed by atoms with van der Waals surface area (Å²) in [5.74, 6) is -1.06. The van der Waals surface area contributed by atoms with Gasteiger partial charge in [-0.2, -0.15) is 0 Å². The SMILES string of the molecule is CCCCCCCCCCOc1ccc(C(=O)O)cc1[N+](=O)[O-]. The molecule has 0 aliphatic heterocycles. The average molecular weight is 323 g/mol. The van der Waals surface area contributed by atoms with Gasteiger partial charge in [-0.15, -0.1) is 0 Å². The van der Waals surface area contributed by atoms with Crippen LogP contribution in [-0.2, 0) is 0 Å². The molecule has 1 aromatic carbocycles. The fourth-order valence-corrected chi connectivity index (χ4v) is 2.33. The first kappa shape index (κ1) is 18.9. The van der Waals surface area contributed by atoms with Crippen LogP contribution in [0.25, 0.3) is 0 Å². The molecule has 0 aromatic heterocycles. The normalized spacial score (nSPS) is 10.5. The lowest BCUT2D eigenvalue weighted by molar-refractivity contribution is -0.385. The molecule has 0 aliphatic carbocycles. The highest BCUT2D eigenvalue weighted by Gasteiger charge is 2.18. The van der Waals surface area contributed by atoms with Gasteiger partial charge in [0.25, 0.3) is 0 Å². The number of ether oxygens (including phenoxy) is 1.